The van der Waals surface area contributed by atoms with Crippen LogP contribution >= 0.6 is 23.2 Å². The SMILES string of the molecule is CC(Cl)CCCNCc1ccc(Cl)cc1. The minimum atomic E-state index is 0.280. The Morgan fingerprint density at radius 3 is 2.53 bits per heavy atom. The van der Waals surface area contributed by atoms with Crippen LogP contribution < -0.4 is 5.32 Å². The molecule has 1 nitrogen and oxygen atoms in total. The van der Waals surface area contributed by atoms with Gasteiger partial charge in [-0.25, -0.2) is 0 Å². The molecular formula is C12H17Cl2N. The van der Waals surface area contributed by atoms with Crippen molar-refractivity contribution in [1.82, 2.24) is 5.32 Å². The Morgan fingerprint density at radius 1 is 1.27 bits per heavy atom. The van der Waals surface area contributed by atoms with Crippen molar-refractivity contribution in [2.45, 2.75) is 31.7 Å². The average molecular weight is 246 g/mol. The van der Waals surface area contributed by atoms with Gasteiger partial charge in [-0.1, -0.05) is 23.7 Å². The summed E-state index contributed by atoms with van der Waals surface area (Å²) in [6, 6.07) is 7.91. The van der Waals surface area contributed by atoms with Gasteiger partial charge in [0.15, 0.2) is 0 Å². The van der Waals surface area contributed by atoms with Gasteiger partial charge in [0.05, 0.1) is 0 Å². The predicted molar refractivity (Wildman–Crippen MR) is 67.7 cm³/mol. The highest BCUT2D eigenvalue weighted by Gasteiger charge is 1.96. The molecular weight excluding hydrogens is 229 g/mol. The first-order valence-electron chi connectivity index (χ1n) is 5.27. The van der Waals surface area contributed by atoms with Gasteiger partial charge in [0.1, 0.15) is 0 Å². The van der Waals surface area contributed by atoms with E-state index in [1.54, 1.807) is 0 Å². The quantitative estimate of drug-likeness (QED) is 0.594. The van der Waals surface area contributed by atoms with E-state index in [2.05, 4.69) is 5.32 Å². The monoisotopic (exact) mass is 245 g/mol. The molecule has 0 radical (unpaired) electrons. The minimum absolute atomic E-state index is 0.280. The summed E-state index contributed by atoms with van der Waals surface area (Å²) in [5.74, 6) is 0. The number of nitrogens with one attached hydrogen (secondary N) is 1. The lowest BCUT2D eigenvalue weighted by Gasteiger charge is -2.05. The van der Waals surface area contributed by atoms with Gasteiger partial charge in [-0.05, 0) is 44.0 Å². The summed E-state index contributed by atoms with van der Waals surface area (Å²) in [6.07, 6.45) is 2.19. The molecule has 1 atom stereocenters. The Labute approximate surface area is 102 Å². The number of benzene rings is 1. The zero-order valence-corrected chi connectivity index (χ0v) is 10.5. The summed E-state index contributed by atoms with van der Waals surface area (Å²) in [5, 5.41) is 4.44. The molecule has 1 aromatic rings. The molecule has 1 rings (SSSR count). The average Bonchev–Trinajstić information content (AvgIpc) is 2.20. The summed E-state index contributed by atoms with van der Waals surface area (Å²) >= 11 is 11.6. The van der Waals surface area contributed by atoms with Gasteiger partial charge in [0.2, 0.25) is 0 Å². The van der Waals surface area contributed by atoms with Crippen LogP contribution in [0.15, 0.2) is 24.3 Å². The van der Waals surface area contributed by atoms with Crippen LogP contribution in [0.4, 0.5) is 0 Å². The van der Waals surface area contributed by atoms with Gasteiger partial charge in [-0.2, -0.15) is 0 Å². The lowest BCUT2D eigenvalue weighted by molar-refractivity contribution is 0.619. The third-order valence-corrected chi connectivity index (χ3v) is 2.67. The molecule has 0 aliphatic carbocycles. The van der Waals surface area contributed by atoms with E-state index >= 15 is 0 Å². The van der Waals surface area contributed by atoms with E-state index in [-0.39, 0.29) is 5.38 Å². The molecule has 0 saturated heterocycles. The highest BCUT2D eigenvalue weighted by molar-refractivity contribution is 6.30. The van der Waals surface area contributed by atoms with E-state index in [1.165, 1.54) is 5.56 Å². The maximum absolute atomic E-state index is 5.85. The number of halogens is 2. The van der Waals surface area contributed by atoms with E-state index in [4.69, 9.17) is 23.2 Å². The highest BCUT2D eigenvalue weighted by Crippen LogP contribution is 2.09. The van der Waals surface area contributed by atoms with Crippen LogP contribution in [0.5, 0.6) is 0 Å². The van der Waals surface area contributed by atoms with Crippen molar-refractivity contribution in [3.8, 4) is 0 Å². The Morgan fingerprint density at radius 2 is 1.93 bits per heavy atom. The molecule has 0 heterocycles. The van der Waals surface area contributed by atoms with Crippen molar-refractivity contribution >= 4 is 23.2 Å². The van der Waals surface area contributed by atoms with Crippen LogP contribution in [0.3, 0.4) is 0 Å². The van der Waals surface area contributed by atoms with E-state index in [0.717, 1.165) is 31.0 Å². The van der Waals surface area contributed by atoms with Crippen LogP contribution in [0, 0.1) is 0 Å². The van der Waals surface area contributed by atoms with Gasteiger partial charge in [0.25, 0.3) is 0 Å². The summed E-state index contributed by atoms with van der Waals surface area (Å²) in [6.45, 7) is 3.94. The second kappa shape index (κ2) is 7.10. The van der Waals surface area contributed by atoms with Crippen LogP contribution in [-0.4, -0.2) is 11.9 Å². The van der Waals surface area contributed by atoms with Crippen LogP contribution in [0.25, 0.3) is 0 Å². The zero-order valence-electron chi connectivity index (χ0n) is 8.97. The summed E-state index contributed by atoms with van der Waals surface area (Å²) in [5.41, 5.74) is 1.26. The number of alkyl halides is 1. The molecule has 0 bridgehead atoms. The first-order valence-corrected chi connectivity index (χ1v) is 6.09. The minimum Gasteiger partial charge on any atom is -0.313 e. The molecule has 1 N–H and O–H groups in total. The zero-order chi connectivity index (χ0) is 11.1. The van der Waals surface area contributed by atoms with Crippen molar-refractivity contribution < 1.29 is 0 Å². The van der Waals surface area contributed by atoms with Crippen molar-refractivity contribution in [2.24, 2.45) is 0 Å². The van der Waals surface area contributed by atoms with Gasteiger partial charge >= 0.3 is 0 Å². The Bertz CT molecular complexity index is 269. The molecule has 0 aromatic heterocycles. The van der Waals surface area contributed by atoms with Crippen molar-refractivity contribution in [2.75, 3.05) is 6.54 Å². The first-order chi connectivity index (χ1) is 7.18. The Kier molecular flexibility index (Phi) is 6.07. The van der Waals surface area contributed by atoms with E-state index in [9.17, 15) is 0 Å². The lowest BCUT2D eigenvalue weighted by atomic mass is 10.2. The molecule has 0 spiro atoms. The molecule has 0 aliphatic heterocycles. The second-order valence-corrected chi connectivity index (χ2v) is 4.91. The van der Waals surface area contributed by atoms with E-state index in [1.807, 2.05) is 31.2 Å². The largest absolute Gasteiger partial charge is 0.313 e. The molecule has 0 saturated carbocycles. The fourth-order valence-corrected chi connectivity index (χ4v) is 1.62. The van der Waals surface area contributed by atoms with E-state index in [0.29, 0.717) is 0 Å². The summed E-state index contributed by atoms with van der Waals surface area (Å²) in [4.78, 5) is 0. The Balaban J connectivity index is 2.12. The van der Waals surface area contributed by atoms with Crippen LogP contribution in [-0.2, 0) is 6.54 Å². The Hall–Kier alpha value is -0.240. The topological polar surface area (TPSA) is 12.0 Å². The molecule has 84 valence electrons. The number of hydrogen-bond acceptors (Lipinski definition) is 1. The predicted octanol–water partition coefficient (Wildman–Crippen LogP) is 3.84. The number of hydrogen-bond donors (Lipinski definition) is 1. The fraction of sp³-hybridized carbons (Fsp3) is 0.500. The third kappa shape index (κ3) is 6.03. The van der Waals surface area contributed by atoms with Crippen molar-refractivity contribution in [3.05, 3.63) is 34.9 Å². The van der Waals surface area contributed by atoms with Gasteiger partial charge < -0.3 is 5.32 Å². The van der Waals surface area contributed by atoms with E-state index < -0.39 is 0 Å². The fourth-order valence-electron chi connectivity index (χ4n) is 1.34. The standard InChI is InChI=1S/C12H17Cl2N/c1-10(13)3-2-8-15-9-11-4-6-12(14)7-5-11/h4-7,10,15H,2-3,8-9H2,1H3. The molecule has 15 heavy (non-hydrogen) atoms. The smallest absolute Gasteiger partial charge is 0.0406 e. The molecule has 1 aromatic carbocycles. The van der Waals surface area contributed by atoms with Gasteiger partial charge in [-0.15, -0.1) is 11.6 Å². The first kappa shape index (κ1) is 12.8. The van der Waals surface area contributed by atoms with Crippen LogP contribution in [0.1, 0.15) is 25.3 Å². The normalized spacial score (nSPS) is 12.7. The third-order valence-electron chi connectivity index (χ3n) is 2.20. The van der Waals surface area contributed by atoms with Gasteiger partial charge in [0, 0.05) is 16.9 Å². The molecule has 3 heteroatoms. The highest BCUT2D eigenvalue weighted by atomic mass is 35.5. The number of rotatable bonds is 6. The second-order valence-electron chi connectivity index (χ2n) is 3.73. The molecule has 1 unspecified atom stereocenters. The maximum atomic E-state index is 5.85. The van der Waals surface area contributed by atoms with Gasteiger partial charge in [-0.3, -0.25) is 0 Å². The van der Waals surface area contributed by atoms with Crippen LogP contribution in [0.2, 0.25) is 5.02 Å². The summed E-state index contributed by atoms with van der Waals surface area (Å²) in [7, 11) is 0. The van der Waals surface area contributed by atoms with Crippen molar-refractivity contribution in [3.63, 3.8) is 0 Å². The molecule has 0 amide bonds. The molecule has 0 fully saturated rings. The summed E-state index contributed by atoms with van der Waals surface area (Å²) < 4.78 is 0. The van der Waals surface area contributed by atoms with Crippen molar-refractivity contribution in [1.29, 1.82) is 0 Å². The molecule has 0 aliphatic rings. The maximum Gasteiger partial charge on any atom is 0.0406 e. The lowest BCUT2D eigenvalue weighted by Crippen LogP contribution is -2.15.